The first-order valence-electron chi connectivity index (χ1n) is 9.20. The molecule has 2 aliphatic carbocycles. The van der Waals surface area contributed by atoms with Crippen LogP contribution in [0.25, 0.3) is 0 Å². The SMILES string of the molecule is CCC(=O)O[C@@H](OC(=O)NC[C@@]1(CC(=O)O)C[C@H]2CC(C)=C[C@@H]21)C(C)C. The van der Waals surface area contributed by atoms with E-state index in [1.165, 1.54) is 5.57 Å². The van der Waals surface area contributed by atoms with Crippen molar-refractivity contribution in [2.75, 3.05) is 6.54 Å². The van der Waals surface area contributed by atoms with E-state index in [4.69, 9.17) is 9.47 Å². The Kier molecular flexibility index (Phi) is 6.31. The van der Waals surface area contributed by atoms with Crippen molar-refractivity contribution in [3.05, 3.63) is 11.6 Å². The largest absolute Gasteiger partial charge is 0.481 e. The van der Waals surface area contributed by atoms with E-state index >= 15 is 0 Å². The van der Waals surface area contributed by atoms with Crippen LogP contribution < -0.4 is 5.32 Å². The van der Waals surface area contributed by atoms with Crippen molar-refractivity contribution in [3.63, 3.8) is 0 Å². The molecule has 1 fully saturated rings. The Balaban J connectivity index is 1.95. The number of esters is 1. The summed E-state index contributed by atoms with van der Waals surface area (Å²) in [6.07, 6.45) is 2.47. The number of aliphatic carboxylic acids is 1. The molecule has 0 unspecified atom stereocenters. The summed E-state index contributed by atoms with van der Waals surface area (Å²) in [7, 11) is 0. The van der Waals surface area contributed by atoms with Crippen LogP contribution in [0.15, 0.2) is 11.6 Å². The fraction of sp³-hybridized carbons (Fsp3) is 0.737. The highest BCUT2D eigenvalue weighted by atomic mass is 16.7. The summed E-state index contributed by atoms with van der Waals surface area (Å²) in [5.41, 5.74) is 0.807. The Morgan fingerprint density at radius 2 is 2.04 bits per heavy atom. The van der Waals surface area contributed by atoms with Crippen LogP contribution in [0.2, 0.25) is 0 Å². The Bertz CT molecular complexity index is 599. The Hall–Kier alpha value is -2.05. The van der Waals surface area contributed by atoms with Gasteiger partial charge in [-0.25, -0.2) is 4.79 Å². The maximum absolute atomic E-state index is 12.2. The van der Waals surface area contributed by atoms with Gasteiger partial charge in [-0.05, 0) is 31.6 Å². The van der Waals surface area contributed by atoms with Gasteiger partial charge >= 0.3 is 18.0 Å². The first kappa shape index (κ1) is 20.3. The number of rotatable bonds is 8. The van der Waals surface area contributed by atoms with E-state index in [0.29, 0.717) is 5.92 Å². The molecule has 7 heteroatoms. The molecule has 2 N–H and O–H groups in total. The Labute approximate surface area is 154 Å². The van der Waals surface area contributed by atoms with E-state index in [1.807, 2.05) is 0 Å². The van der Waals surface area contributed by atoms with Gasteiger partial charge in [0.2, 0.25) is 0 Å². The number of fused-ring (bicyclic) bond motifs is 1. The summed E-state index contributed by atoms with van der Waals surface area (Å²) in [6, 6.07) is 0. The number of carbonyl (C=O) groups excluding carboxylic acids is 2. The first-order valence-corrected chi connectivity index (χ1v) is 9.20. The lowest BCUT2D eigenvalue weighted by Gasteiger charge is -2.51. The smallest absolute Gasteiger partial charge is 0.410 e. The lowest BCUT2D eigenvalue weighted by atomic mass is 9.53. The van der Waals surface area contributed by atoms with E-state index < -0.39 is 29.7 Å². The molecule has 0 bridgehead atoms. The molecule has 0 aromatic carbocycles. The summed E-state index contributed by atoms with van der Waals surface area (Å²) >= 11 is 0. The molecule has 1 saturated carbocycles. The van der Waals surface area contributed by atoms with Crippen molar-refractivity contribution in [1.82, 2.24) is 5.32 Å². The number of allylic oxidation sites excluding steroid dienone is 2. The van der Waals surface area contributed by atoms with Crippen LogP contribution in [0.1, 0.15) is 53.4 Å². The molecular weight excluding hydrogens is 338 g/mol. The van der Waals surface area contributed by atoms with Gasteiger partial charge in [-0.1, -0.05) is 32.4 Å². The van der Waals surface area contributed by atoms with Crippen LogP contribution in [0.3, 0.4) is 0 Å². The van der Waals surface area contributed by atoms with Gasteiger partial charge in [0.15, 0.2) is 0 Å². The van der Waals surface area contributed by atoms with Crippen LogP contribution in [0.5, 0.6) is 0 Å². The Morgan fingerprint density at radius 3 is 2.58 bits per heavy atom. The average Bonchev–Trinajstić information content (AvgIpc) is 2.86. The van der Waals surface area contributed by atoms with Crippen molar-refractivity contribution in [2.45, 2.75) is 59.7 Å². The number of amides is 1. The predicted octanol–water partition coefficient (Wildman–Crippen LogP) is 3.10. The second-order valence-electron chi connectivity index (χ2n) is 7.85. The van der Waals surface area contributed by atoms with E-state index in [2.05, 4.69) is 18.3 Å². The number of alkyl carbamates (subject to hydrolysis) is 1. The monoisotopic (exact) mass is 367 g/mol. The minimum atomic E-state index is -0.958. The molecule has 2 rings (SSSR count). The molecule has 0 heterocycles. The summed E-state index contributed by atoms with van der Waals surface area (Å²) in [4.78, 5) is 34.9. The predicted molar refractivity (Wildman–Crippen MR) is 94.1 cm³/mol. The number of carboxylic acids is 1. The summed E-state index contributed by atoms with van der Waals surface area (Å²) < 4.78 is 10.4. The maximum atomic E-state index is 12.2. The molecular formula is C19H29NO6. The third-order valence-corrected chi connectivity index (χ3v) is 5.32. The van der Waals surface area contributed by atoms with Gasteiger partial charge in [-0.3, -0.25) is 9.59 Å². The molecule has 0 aromatic rings. The summed E-state index contributed by atoms with van der Waals surface area (Å²) in [5, 5.41) is 12.0. The average molecular weight is 367 g/mol. The maximum Gasteiger partial charge on any atom is 0.410 e. The second-order valence-corrected chi connectivity index (χ2v) is 7.85. The Morgan fingerprint density at radius 1 is 1.35 bits per heavy atom. The zero-order chi connectivity index (χ0) is 19.5. The van der Waals surface area contributed by atoms with Gasteiger partial charge in [0.25, 0.3) is 6.29 Å². The highest BCUT2D eigenvalue weighted by Crippen LogP contribution is 2.59. The minimum Gasteiger partial charge on any atom is -0.481 e. The van der Waals surface area contributed by atoms with Crippen molar-refractivity contribution in [3.8, 4) is 0 Å². The van der Waals surface area contributed by atoms with Crippen LogP contribution in [0.4, 0.5) is 4.79 Å². The van der Waals surface area contributed by atoms with Gasteiger partial charge < -0.3 is 19.9 Å². The third kappa shape index (κ3) is 4.56. The van der Waals surface area contributed by atoms with E-state index in [-0.39, 0.29) is 31.2 Å². The number of ether oxygens (including phenoxy) is 2. The van der Waals surface area contributed by atoms with Crippen LogP contribution in [0, 0.1) is 23.2 Å². The van der Waals surface area contributed by atoms with Gasteiger partial charge in [0.1, 0.15) is 0 Å². The molecule has 0 saturated heterocycles. The number of nitrogens with one attached hydrogen (secondary N) is 1. The summed E-state index contributed by atoms with van der Waals surface area (Å²) in [6.45, 7) is 7.53. The molecule has 26 heavy (non-hydrogen) atoms. The lowest BCUT2D eigenvalue weighted by Crippen LogP contribution is -2.53. The molecule has 2 aliphatic rings. The van der Waals surface area contributed by atoms with Crippen molar-refractivity contribution in [2.24, 2.45) is 23.2 Å². The molecule has 7 nitrogen and oxygen atoms in total. The topological polar surface area (TPSA) is 102 Å². The number of hydrogen-bond acceptors (Lipinski definition) is 5. The van der Waals surface area contributed by atoms with E-state index in [0.717, 1.165) is 12.8 Å². The molecule has 0 aliphatic heterocycles. The van der Waals surface area contributed by atoms with Crippen molar-refractivity contribution in [1.29, 1.82) is 0 Å². The number of carbonyl (C=O) groups is 3. The van der Waals surface area contributed by atoms with E-state index in [1.54, 1.807) is 20.8 Å². The van der Waals surface area contributed by atoms with Gasteiger partial charge in [0.05, 0.1) is 6.42 Å². The molecule has 0 radical (unpaired) electrons. The molecule has 146 valence electrons. The highest BCUT2D eigenvalue weighted by molar-refractivity contribution is 5.71. The molecule has 0 aromatic heterocycles. The van der Waals surface area contributed by atoms with Gasteiger partial charge in [-0.15, -0.1) is 0 Å². The zero-order valence-corrected chi connectivity index (χ0v) is 15.9. The molecule has 1 amide bonds. The molecule has 0 spiro atoms. The van der Waals surface area contributed by atoms with Crippen LogP contribution >= 0.6 is 0 Å². The third-order valence-electron chi connectivity index (χ3n) is 5.32. The van der Waals surface area contributed by atoms with Crippen molar-refractivity contribution >= 4 is 18.0 Å². The quantitative estimate of drug-likeness (QED) is 0.388. The lowest BCUT2D eigenvalue weighted by molar-refractivity contribution is -0.174. The highest BCUT2D eigenvalue weighted by Gasteiger charge is 2.55. The first-order chi connectivity index (χ1) is 12.2. The van der Waals surface area contributed by atoms with Crippen LogP contribution in [-0.2, 0) is 19.1 Å². The zero-order valence-electron chi connectivity index (χ0n) is 15.9. The van der Waals surface area contributed by atoms with Gasteiger partial charge in [-0.2, -0.15) is 0 Å². The molecule has 4 atom stereocenters. The summed E-state index contributed by atoms with van der Waals surface area (Å²) in [5.74, 6) is -0.836. The normalized spacial score (nSPS) is 27.8. The number of carboxylic acid groups (broad SMARTS) is 1. The second kappa shape index (κ2) is 8.10. The van der Waals surface area contributed by atoms with Crippen LogP contribution in [-0.4, -0.2) is 36.0 Å². The van der Waals surface area contributed by atoms with Gasteiger partial charge in [0, 0.05) is 24.3 Å². The minimum absolute atomic E-state index is 0.0106. The van der Waals surface area contributed by atoms with E-state index in [9.17, 15) is 19.5 Å². The standard InChI is InChI=1S/C19H29NO6/c1-5-16(23)25-17(11(2)3)26-18(24)20-10-19(9-15(21)22)8-13-6-12(4)7-14(13)19/h7,11,13-14,17H,5-6,8-10H2,1-4H3,(H,20,24)(H,21,22)/t13-,14+,17+,19+/m1/s1. The fourth-order valence-electron chi connectivity index (χ4n) is 4.07. The fourth-order valence-corrected chi connectivity index (χ4v) is 4.07. The number of hydrogen-bond donors (Lipinski definition) is 2. The van der Waals surface area contributed by atoms with Crippen molar-refractivity contribution < 1.29 is 29.0 Å².